The zero-order valence-corrected chi connectivity index (χ0v) is 17.2. The second kappa shape index (κ2) is 7.78. The molecular formula is C24H27N3O3. The summed E-state index contributed by atoms with van der Waals surface area (Å²) in [6.45, 7) is 4.52. The Labute approximate surface area is 176 Å². The normalized spacial score (nSPS) is 21.1. The van der Waals surface area contributed by atoms with Crippen LogP contribution < -0.4 is 10.1 Å². The van der Waals surface area contributed by atoms with Gasteiger partial charge in [-0.1, -0.05) is 18.2 Å². The molecule has 1 spiro atoms. The number of nitrogens with zero attached hydrogens (tertiary/aromatic N) is 1. The topological polar surface area (TPSA) is 66.6 Å². The van der Waals surface area contributed by atoms with Crippen LogP contribution in [0.1, 0.15) is 28.0 Å². The summed E-state index contributed by atoms with van der Waals surface area (Å²) in [5.41, 5.74) is 4.23. The number of fused-ring (bicyclic) bond motifs is 4. The van der Waals surface area contributed by atoms with Gasteiger partial charge in [0, 0.05) is 42.8 Å². The van der Waals surface area contributed by atoms with E-state index >= 15 is 0 Å². The van der Waals surface area contributed by atoms with Crippen LogP contribution in [0.3, 0.4) is 0 Å². The molecule has 156 valence electrons. The number of hydrogen-bond donors (Lipinski definition) is 2. The second-order valence-electron chi connectivity index (χ2n) is 8.18. The Balaban J connectivity index is 1.34. The first-order valence-electron chi connectivity index (χ1n) is 10.6. The van der Waals surface area contributed by atoms with E-state index in [1.165, 1.54) is 18.4 Å². The summed E-state index contributed by atoms with van der Waals surface area (Å²) in [5, 5.41) is 4.93. The Hall–Kier alpha value is -2.83. The Morgan fingerprint density at radius 2 is 2.07 bits per heavy atom. The van der Waals surface area contributed by atoms with Crippen LogP contribution >= 0.6 is 0 Å². The van der Waals surface area contributed by atoms with Crippen molar-refractivity contribution in [2.45, 2.75) is 18.4 Å². The van der Waals surface area contributed by atoms with Gasteiger partial charge in [0.05, 0.1) is 18.2 Å². The molecule has 0 saturated carbocycles. The number of rotatable bonds is 5. The third-order valence-corrected chi connectivity index (χ3v) is 6.41. The molecule has 0 aliphatic carbocycles. The standard InChI is InChI=1S/C24H27N3O3/c1-29-23(28)17-7-8-21-20(15-17)19-9-11-25-24(22(19)26-21)10-12-27(16-24)13-14-30-18-5-3-2-4-6-18/h2-8,15,25-26H,9-14,16H2,1H3. The number of methoxy groups -OCH3 is 1. The van der Waals surface area contributed by atoms with E-state index < -0.39 is 0 Å². The molecule has 2 aliphatic heterocycles. The Kier molecular flexibility index (Phi) is 4.97. The van der Waals surface area contributed by atoms with Crippen molar-refractivity contribution in [3.8, 4) is 5.75 Å². The van der Waals surface area contributed by atoms with Gasteiger partial charge in [0.25, 0.3) is 0 Å². The summed E-state index contributed by atoms with van der Waals surface area (Å²) in [4.78, 5) is 18.1. The summed E-state index contributed by atoms with van der Waals surface area (Å²) in [6, 6.07) is 15.8. The number of carbonyl (C=O) groups excluding carboxylic acids is 1. The van der Waals surface area contributed by atoms with Gasteiger partial charge in [0.2, 0.25) is 0 Å². The zero-order valence-electron chi connectivity index (χ0n) is 17.2. The van der Waals surface area contributed by atoms with Gasteiger partial charge in [0.15, 0.2) is 0 Å². The number of likely N-dealkylation sites (tertiary alicyclic amines) is 1. The Bertz CT molecular complexity index is 1060. The van der Waals surface area contributed by atoms with Crippen LogP contribution in [0.5, 0.6) is 5.75 Å². The predicted molar refractivity (Wildman–Crippen MR) is 116 cm³/mol. The minimum absolute atomic E-state index is 0.0647. The maximum absolute atomic E-state index is 12.0. The summed E-state index contributed by atoms with van der Waals surface area (Å²) in [5.74, 6) is 0.627. The molecule has 2 aromatic carbocycles. The molecular weight excluding hydrogens is 378 g/mol. The van der Waals surface area contributed by atoms with Crippen molar-refractivity contribution in [2.75, 3.05) is 39.9 Å². The first-order valence-corrected chi connectivity index (χ1v) is 10.6. The summed E-state index contributed by atoms with van der Waals surface area (Å²) in [6.07, 6.45) is 2.01. The van der Waals surface area contributed by atoms with Gasteiger partial charge in [-0.15, -0.1) is 0 Å². The van der Waals surface area contributed by atoms with Crippen molar-refractivity contribution < 1.29 is 14.3 Å². The smallest absolute Gasteiger partial charge is 0.337 e. The monoisotopic (exact) mass is 405 g/mol. The summed E-state index contributed by atoms with van der Waals surface area (Å²) < 4.78 is 10.8. The van der Waals surface area contributed by atoms with Crippen molar-refractivity contribution in [1.29, 1.82) is 0 Å². The lowest BCUT2D eigenvalue weighted by molar-refractivity contribution is 0.0601. The minimum Gasteiger partial charge on any atom is -0.492 e. The largest absolute Gasteiger partial charge is 0.492 e. The lowest BCUT2D eigenvalue weighted by Gasteiger charge is -2.35. The molecule has 0 amide bonds. The van der Waals surface area contributed by atoms with Crippen LogP contribution in [-0.2, 0) is 16.7 Å². The molecule has 1 fully saturated rings. The Morgan fingerprint density at radius 1 is 1.20 bits per heavy atom. The van der Waals surface area contributed by atoms with Crippen LogP contribution in [0.2, 0.25) is 0 Å². The molecule has 30 heavy (non-hydrogen) atoms. The number of aromatic nitrogens is 1. The number of ether oxygens (including phenoxy) is 2. The van der Waals surface area contributed by atoms with Crippen LogP contribution in [0.25, 0.3) is 10.9 Å². The number of H-pyrrole nitrogens is 1. The van der Waals surface area contributed by atoms with Gasteiger partial charge in [-0.25, -0.2) is 4.79 Å². The molecule has 1 aromatic heterocycles. The van der Waals surface area contributed by atoms with Gasteiger partial charge < -0.3 is 19.8 Å². The van der Waals surface area contributed by atoms with Gasteiger partial charge in [-0.05, 0) is 48.7 Å². The van der Waals surface area contributed by atoms with E-state index in [1.807, 2.05) is 48.5 Å². The van der Waals surface area contributed by atoms with E-state index in [1.54, 1.807) is 0 Å². The lowest BCUT2D eigenvalue weighted by atomic mass is 9.86. The fourth-order valence-corrected chi connectivity index (χ4v) is 4.91. The third-order valence-electron chi connectivity index (χ3n) is 6.41. The highest BCUT2D eigenvalue weighted by Crippen LogP contribution is 2.39. The minimum atomic E-state index is -0.291. The van der Waals surface area contributed by atoms with Crippen molar-refractivity contribution >= 4 is 16.9 Å². The van der Waals surface area contributed by atoms with Crippen LogP contribution in [0, 0.1) is 0 Å². The van der Waals surface area contributed by atoms with Crippen LogP contribution in [0.15, 0.2) is 48.5 Å². The molecule has 1 unspecified atom stereocenters. The van der Waals surface area contributed by atoms with Crippen LogP contribution in [0.4, 0.5) is 0 Å². The van der Waals surface area contributed by atoms with E-state index in [-0.39, 0.29) is 11.5 Å². The molecule has 0 radical (unpaired) electrons. The van der Waals surface area contributed by atoms with Crippen LogP contribution in [-0.4, -0.2) is 55.7 Å². The fraction of sp³-hybridized carbons (Fsp3) is 0.375. The molecule has 3 heterocycles. The first-order chi connectivity index (χ1) is 14.7. The fourth-order valence-electron chi connectivity index (χ4n) is 4.91. The third kappa shape index (κ3) is 3.36. The average Bonchev–Trinajstić information content (AvgIpc) is 3.36. The number of hydrogen-bond acceptors (Lipinski definition) is 5. The van der Waals surface area contributed by atoms with E-state index in [2.05, 4.69) is 15.2 Å². The van der Waals surface area contributed by atoms with Gasteiger partial charge >= 0.3 is 5.97 Å². The van der Waals surface area contributed by atoms with E-state index in [4.69, 9.17) is 9.47 Å². The highest BCUT2D eigenvalue weighted by molar-refractivity contribution is 5.96. The highest BCUT2D eigenvalue weighted by atomic mass is 16.5. The predicted octanol–water partition coefficient (Wildman–Crippen LogP) is 3.08. The number of benzene rings is 2. The van der Waals surface area contributed by atoms with Crippen molar-refractivity contribution in [3.05, 3.63) is 65.4 Å². The van der Waals surface area contributed by atoms with Gasteiger partial charge in [-0.3, -0.25) is 4.90 Å². The molecule has 6 heteroatoms. The number of nitrogens with one attached hydrogen (secondary N) is 2. The molecule has 6 nitrogen and oxygen atoms in total. The van der Waals surface area contributed by atoms with E-state index in [0.29, 0.717) is 12.2 Å². The molecule has 5 rings (SSSR count). The molecule has 3 aromatic rings. The van der Waals surface area contributed by atoms with Gasteiger partial charge in [0.1, 0.15) is 12.4 Å². The van der Waals surface area contributed by atoms with E-state index in [9.17, 15) is 4.79 Å². The Morgan fingerprint density at radius 3 is 2.90 bits per heavy atom. The molecule has 0 bridgehead atoms. The highest BCUT2D eigenvalue weighted by Gasteiger charge is 2.44. The van der Waals surface area contributed by atoms with E-state index in [0.717, 1.165) is 55.7 Å². The summed E-state index contributed by atoms with van der Waals surface area (Å²) >= 11 is 0. The first kappa shape index (κ1) is 19.2. The molecule has 1 saturated heterocycles. The zero-order chi connectivity index (χ0) is 20.6. The number of carbonyl (C=O) groups is 1. The summed E-state index contributed by atoms with van der Waals surface area (Å²) in [7, 11) is 1.42. The maximum Gasteiger partial charge on any atom is 0.337 e. The lowest BCUT2D eigenvalue weighted by Crippen LogP contribution is -2.49. The SMILES string of the molecule is COC(=O)c1ccc2[nH]c3c(c2c1)CCNC31CCN(CCOc2ccccc2)C1. The van der Waals surface area contributed by atoms with Gasteiger partial charge in [-0.2, -0.15) is 0 Å². The molecule has 1 atom stereocenters. The molecule has 2 N–H and O–H groups in total. The maximum atomic E-state index is 12.0. The average molecular weight is 405 g/mol. The van der Waals surface area contributed by atoms with Crippen molar-refractivity contribution in [1.82, 2.24) is 15.2 Å². The van der Waals surface area contributed by atoms with Crippen molar-refractivity contribution in [2.24, 2.45) is 0 Å². The molecule has 2 aliphatic rings. The number of esters is 1. The second-order valence-corrected chi connectivity index (χ2v) is 8.18. The van der Waals surface area contributed by atoms with Crippen molar-refractivity contribution in [3.63, 3.8) is 0 Å². The quantitative estimate of drug-likeness (QED) is 0.639. The number of aromatic amines is 1. The number of para-hydroxylation sites is 1.